The zero-order valence-electron chi connectivity index (χ0n) is 13.7. The molecule has 6 nitrogen and oxygen atoms in total. The lowest BCUT2D eigenvalue weighted by Gasteiger charge is -2.36. The quantitative estimate of drug-likeness (QED) is 0.667. The lowest BCUT2D eigenvalue weighted by Crippen LogP contribution is -2.54. The molecule has 1 aliphatic carbocycles. The number of fused-ring (bicyclic) bond motifs is 2. The maximum absolute atomic E-state index is 12.8. The van der Waals surface area contributed by atoms with Crippen LogP contribution in [0.5, 0.6) is 0 Å². The number of benzene rings is 1. The number of hydrogen-bond acceptors (Lipinski definition) is 5. The molecule has 1 aromatic carbocycles. The van der Waals surface area contributed by atoms with Crippen LogP contribution in [-0.4, -0.2) is 29.8 Å². The number of aryl methyl sites for hydroxylation is 1. The number of methoxy groups -OCH3 is 1. The van der Waals surface area contributed by atoms with Gasteiger partial charge in [0.25, 0.3) is 0 Å². The minimum Gasteiger partial charge on any atom is -0.468 e. The van der Waals surface area contributed by atoms with E-state index in [4.69, 9.17) is 9.73 Å². The number of pyridine rings is 1. The highest BCUT2D eigenvalue weighted by Crippen LogP contribution is 2.47. The molecule has 2 unspecified atom stereocenters. The second kappa shape index (κ2) is 5.81. The summed E-state index contributed by atoms with van der Waals surface area (Å²) in [5, 5.41) is 2.73. The lowest BCUT2D eigenvalue weighted by atomic mass is 9.77. The van der Waals surface area contributed by atoms with Crippen LogP contribution in [0.4, 0.5) is 0 Å². The Balaban J connectivity index is 1.93. The van der Waals surface area contributed by atoms with Gasteiger partial charge < -0.3 is 10.1 Å². The first-order valence-corrected chi connectivity index (χ1v) is 8.14. The fraction of sp³-hybridized carbons (Fsp3) is 0.263. The molecule has 25 heavy (non-hydrogen) atoms. The Morgan fingerprint density at radius 3 is 2.80 bits per heavy atom. The van der Waals surface area contributed by atoms with Crippen molar-refractivity contribution in [3.8, 4) is 0 Å². The van der Waals surface area contributed by atoms with E-state index in [1.165, 1.54) is 7.11 Å². The highest BCUT2D eigenvalue weighted by Gasteiger charge is 2.55. The van der Waals surface area contributed by atoms with Gasteiger partial charge in [0.15, 0.2) is 11.8 Å². The van der Waals surface area contributed by atoms with E-state index in [1.807, 2.05) is 30.3 Å². The number of esters is 1. The van der Waals surface area contributed by atoms with Crippen LogP contribution in [0.15, 0.2) is 53.7 Å². The molecule has 0 saturated heterocycles. The fourth-order valence-corrected chi connectivity index (χ4v) is 3.78. The molecule has 2 aromatic rings. The molecule has 2 aliphatic rings. The predicted molar refractivity (Wildman–Crippen MR) is 90.9 cm³/mol. The minimum atomic E-state index is -1.01. The Morgan fingerprint density at radius 1 is 1.24 bits per heavy atom. The minimum absolute atomic E-state index is 0.391. The molecule has 0 bridgehead atoms. The molecule has 1 spiro atoms. The average molecular weight is 335 g/mol. The molecule has 2 heterocycles. The molecule has 126 valence electrons. The van der Waals surface area contributed by atoms with Gasteiger partial charge in [0, 0.05) is 6.20 Å². The third-order valence-electron chi connectivity index (χ3n) is 4.90. The summed E-state index contributed by atoms with van der Waals surface area (Å²) in [5.74, 6) is -1.59. The van der Waals surface area contributed by atoms with Crippen molar-refractivity contribution in [3.05, 3.63) is 65.5 Å². The van der Waals surface area contributed by atoms with Crippen molar-refractivity contribution in [2.45, 2.75) is 18.4 Å². The second-order valence-electron chi connectivity index (χ2n) is 6.20. The van der Waals surface area contributed by atoms with Crippen molar-refractivity contribution in [1.82, 2.24) is 10.3 Å². The van der Waals surface area contributed by atoms with E-state index in [1.54, 1.807) is 18.3 Å². The monoisotopic (exact) mass is 335 g/mol. The van der Waals surface area contributed by atoms with Gasteiger partial charge in [-0.25, -0.2) is 0 Å². The molecule has 6 heteroatoms. The second-order valence-corrected chi connectivity index (χ2v) is 6.20. The van der Waals surface area contributed by atoms with Crippen molar-refractivity contribution in [2.75, 3.05) is 7.11 Å². The molecule has 4 rings (SSSR count). The Hall–Kier alpha value is -3.02. The standard InChI is InChI=1S/C19H17N3O3/c1-25-18(24)15-17(23)21-16(14-8-4-5-11-20-14)22-19(15)10-9-12-6-2-3-7-13(12)19/h2-8,11,15H,9-10H2,1H3,(H,21,22,23). The Kier molecular flexibility index (Phi) is 3.60. The predicted octanol–water partition coefficient (Wildman–Crippen LogP) is 1.59. The van der Waals surface area contributed by atoms with Crippen molar-refractivity contribution < 1.29 is 14.3 Å². The number of amides is 1. The fourth-order valence-electron chi connectivity index (χ4n) is 3.78. The van der Waals surface area contributed by atoms with Crippen LogP contribution in [0, 0.1) is 5.92 Å². The van der Waals surface area contributed by atoms with Gasteiger partial charge in [-0.2, -0.15) is 0 Å². The van der Waals surface area contributed by atoms with Crippen LogP contribution in [0.3, 0.4) is 0 Å². The molecule has 0 radical (unpaired) electrons. The van der Waals surface area contributed by atoms with E-state index in [-0.39, 0.29) is 0 Å². The summed E-state index contributed by atoms with van der Waals surface area (Å²) in [5.41, 5.74) is 1.64. The number of carbonyl (C=O) groups excluding carboxylic acids is 2. The third-order valence-corrected chi connectivity index (χ3v) is 4.90. The smallest absolute Gasteiger partial charge is 0.321 e. The van der Waals surface area contributed by atoms with Gasteiger partial charge in [-0.05, 0) is 36.1 Å². The number of carbonyl (C=O) groups is 2. The molecule has 1 aromatic heterocycles. The Bertz CT molecular complexity index is 878. The van der Waals surface area contributed by atoms with E-state index in [0.29, 0.717) is 18.0 Å². The highest BCUT2D eigenvalue weighted by atomic mass is 16.5. The molecule has 0 saturated carbocycles. The summed E-state index contributed by atoms with van der Waals surface area (Å²) >= 11 is 0. The maximum atomic E-state index is 12.8. The van der Waals surface area contributed by atoms with Crippen molar-refractivity contribution in [1.29, 1.82) is 0 Å². The van der Waals surface area contributed by atoms with Gasteiger partial charge >= 0.3 is 5.97 Å². The molecular weight excluding hydrogens is 318 g/mol. The average Bonchev–Trinajstić information content (AvgIpc) is 3.00. The van der Waals surface area contributed by atoms with Gasteiger partial charge in [0.05, 0.1) is 7.11 Å². The van der Waals surface area contributed by atoms with Gasteiger partial charge in [0.2, 0.25) is 5.91 Å². The zero-order valence-corrected chi connectivity index (χ0v) is 13.7. The van der Waals surface area contributed by atoms with Gasteiger partial charge in [-0.3, -0.25) is 19.6 Å². The number of rotatable bonds is 2. The topological polar surface area (TPSA) is 80.7 Å². The summed E-state index contributed by atoms with van der Waals surface area (Å²) in [6, 6.07) is 13.2. The Morgan fingerprint density at radius 2 is 2.04 bits per heavy atom. The molecular formula is C19H17N3O3. The van der Waals surface area contributed by atoms with Crippen molar-refractivity contribution in [3.63, 3.8) is 0 Å². The van der Waals surface area contributed by atoms with Gasteiger partial charge in [-0.15, -0.1) is 0 Å². The van der Waals surface area contributed by atoms with Crippen LogP contribution >= 0.6 is 0 Å². The molecule has 1 N–H and O–H groups in total. The van der Waals surface area contributed by atoms with E-state index in [2.05, 4.69) is 10.3 Å². The van der Waals surface area contributed by atoms with Crippen LogP contribution < -0.4 is 5.32 Å². The van der Waals surface area contributed by atoms with Crippen LogP contribution in [0.2, 0.25) is 0 Å². The number of nitrogens with zero attached hydrogens (tertiary/aromatic N) is 2. The van der Waals surface area contributed by atoms with E-state index >= 15 is 0 Å². The first kappa shape index (κ1) is 15.5. The van der Waals surface area contributed by atoms with E-state index in [0.717, 1.165) is 17.5 Å². The Labute approximate surface area is 144 Å². The zero-order chi connectivity index (χ0) is 17.4. The summed E-state index contributed by atoms with van der Waals surface area (Å²) < 4.78 is 4.92. The molecule has 2 atom stereocenters. The maximum Gasteiger partial charge on any atom is 0.321 e. The SMILES string of the molecule is COC(=O)C1C(=O)NC(c2ccccn2)=NC12CCc1ccccc12. The summed E-state index contributed by atoms with van der Waals surface area (Å²) in [4.78, 5) is 34.4. The van der Waals surface area contributed by atoms with Crippen molar-refractivity contribution in [2.24, 2.45) is 10.9 Å². The first-order chi connectivity index (χ1) is 12.2. The lowest BCUT2D eigenvalue weighted by molar-refractivity contribution is -0.153. The van der Waals surface area contributed by atoms with Gasteiger partial charge in [-0.1, -0.05) is 30.3 Å². The van der Waals surface area contributed by atoms with Crippen LogP contribution in [0.1, 0.15) is 23.2 Å². The van der Waals surface area contributed by atoms with E-state index < -0.39 is 23.3 Å². The molecule has 1 aliphatic heterocycles. The highest BCUT2D eigenvalue weighted by molar-refractivity contribution is 6.14. The number of hydrogen-bond donors (Lipinski definition) is 1. The van der Waals surface area contributed by atoms with E-state index in [9.17, 15) is 9.59 Å². The van der Waals surface area contributed by atoms with Gasteiger partial charge in [0.1, 0.15) is 11.2 Å². The summed E-state index contributed by atoms with van der Waals surface area (Å²) in [6.45, 7) is 0. The molecule has 0 fully saturated rings. The largest absolute Gasteiger partial charge is 0.468 e. The van der Waals surface area contributed by atoms with Crippen LogP contribution in [0.25, 0.3) is 0 Å². The van der Waals surface area contributed by atoms with Crippen LogP contribution in [-0.2, 0) is 26.3 Å². The van der Waals surface area contributed by atoms with Crippen molar-refractivity contribution >= 4 is 17.7 Å². The number of nitrogens with one attached hydrogen (secondary N) is 1. The number of ether oxygens (including phenoxy) is 1. The summed E-state index contributed by atoms with van der Waals surface area (Å²) in [7, 11) is 1.29. The third kappa shape index (κ3) is 2.33. The molecule has 1 amide bonds. The number of aliphatic imine (C=N–C) groups is 1. The first-order valence-electron chi connectivity index (χ1n) is 8.14. The number of amidine groups is 1. The number of aromatic nitrogens is 1. The normalized spacial score (nSPS) is 24.4. The summed E-state index contributed by atoms with van der Waals surface area (Å²) in [6.07, 6.45) is 2.98.